The zero-order valence-electron chi connectivity index (χ0n) is 39.2. The Hall–Kier alpha value is -7.59. The number of rotatable bonds is 14. The molecule has 4 aromatic carbocycles. The predicted octanol–water partition coefficient (Wildman–Crippen LogP) is 9.91. The molecule has 1 saturated carbocycles. The molecule has 2 amide bonds. The molecule has 2 aliphatic rings. The second-order valence-electron chi connectivity index (χ2n) is 18.7. The number of fused-ring (bicyclic) bond motifs is 4. The Labute approximate surface area is 400 Å². The van der Waals surface area contributed by atoms with Crippen molar-refractivity contribution in [1.29, 1.82) is 0 Å². The van der Waals surface area contributed by atoms with Crippen LogP contribution in [0.1, 0.15) is 94.5 Å². The lowest BCUT2D eigenvalue weighted by Gasteiger charge is -2.35. The van der Waals surface area contributed by atoms with Crippen molar-refractivity contribution in [2.75, 3.05) is 25.1 Å². The first-order chi connectivity index (χ1) is 33.0. The summed E-state index contributed by atoms with van der Waals surface area (Å²) in [7, 11) is 0. The molecule has 0 radical (unpaired) electrons. The maximum absolute atomic E-state index is 13.5. The van der Waals surface area contributed by atoms with Crippen LogP contribution < -0.4 is 21.1 Å². The predicted molar refractivity (Wildman–Crippen MR) is 261 cm³/mol. The largest absolute Gasteiger partial charge is 0.491 e. The molecule has 2 aromatic heterocycles. The number of carbonyl (C=O) groups excluding carboxylic acids is 3. The summed E-state index contributed by atoms with van der Waals surface area (Å²) in [6, 6.07) is 31.4. The van der Waals surface area contributed by atoms with E-state index in [1.54, 1.807) is 36.7 Å². The van der Waals surface area contributed by atoms with Crippen LogP contribution in [0, 0.1) is 10.1 Å². The van der Waals surface area contributed by atoms with Gasteiger partial charge in [-0.05, 0) is 98.7 Å². The summed E-state index contributed by atoms with van der Waals surface area (Å²) in [6.45, 7) is 7.97. The number of nitrogens with two attached hydrogens (primary N) is 1. The number of non-ortho nitro benzene ring substituents is 1. The van der Waals surface area contributed by atoms with Gasteiger partial charge in [-0.2, -0.15) is 0 Å². The van der Waals surface area contributed by atoms with Crippen molar-refractivity contribution < 1.29 is 43.4 Å². The minimum atomic E-state index is -1.78. The third-order valence-electron chi connectivity index (χ3n) is 12.5. The minimum absolute atomic E-state index is 0.0211. The van der Waals surface area contributed by atoms with Crippen molar-refractivity contribution in [3.8, 4) is 16.9 Å². The minimum Gasteiger partial charge on any atom is -0.491 e. The topological polar surface area (TPSA) is 227 Å². The van der Waals surface area contributed by atoms with Crippen molar-refractivity contribution in [3.05, 3.63) is 154 Å². The number of benzene rings is 4. The molecule has 6 aromatic rings. The summed E-state index contributed by atoms with van der Waals surface area (Å²) in [5.41, 5.74) is 10.4. The number of amides is 2. The van der Waals surface area contributed by atoms with E-state index in [0.717, 1.165) is 40.8 Å². The van der Waals surface area contributed by atoms with Crippen LogP contribution in [0.15, 0.2) is 122 Å². The van der Waals surface area contributed by atoms with Crippen LogP contribution in [0.25, 0.3) is 22.0 Å². The number of nitro groups is 1. The number of aliphatic carboxylic acids is 1. The summed E-state index contributed by atoms with van der Waals surface area (Å²) >= 11 is 0. The summed E-state index contributed by atoms with van der Waals surface area (Å²) in [6.07, 6.45) is 8.67. The lowest BCUT2D eigenvalue weighted by atomic mass is 9.71. The molecule has 1 atom stereocenters. The smallest absolute Gasteiger partial charge is 0.418 e. The van der Waals surface area contributed by atoms with Gasteiger partial charge in [0.1, 0.15) is 23.5 Å². The Morgan fingerprint density at radius 3 is 2.10 bits per heavy atom. The van der Waals surface area contributed by atoms with E-state index in [9.17, 15) is 34.4 Å². The Balaban J connectivity index is 0.000000247. The molecule has 1 fully saturated rings. The first kappa shape index (κ1) is 49.3. The number of ether oxygens (including phenoxy) is 3. The molecule has 16 nitrogen and oxygen atoms in total. The molecule has 2 aliphatic carbocycles. The van der Waals surface area contributed by atoms with Gasteiger partial charge in [-0.1, -0.05) is 86.0 Å². The SMILES string of the molecule is CC(C)(C)OC(=O)CCOc1ccc(C2(CN)CCCCC2)nc1.CC(Cc1cn(C(=O)OCC2c3ccccc3-c3ccccc32)c2ccccc12)(NC(=O)Nc1ccc([N+](=O)[O-])cc1)C(=O)O. The van der Waals surface area contributed by atoms with Gasteiger partial charge in [0.2, 0.25) is 0 Å². The van der Waals surface area contributed by atoms with E-state index in [1.165, 1.54) is 55.0 Å². The third kappa shape index (κ3) is 11.8. The number of nitro benzene ring substituents is 1. The fourth-order valence-electron chi connectivity index (χ4n) is 9.06. The van der Waals surface area contributed by atoms with E-state index in [4.69, 9.17) is 19.9 Å². The van der Waals surface area contributed by atoms with Gasteiger partial charge in [-0.15, -0.1) is 0 Å². The van der Waals surface area contributed by atoms with Gasteiger partial charge in [0, 0.05) is 59.4 Å². The number of anilines is 1. The number of esters is 1. The molecule has 8 rings (SSSR count). The fourth-order valence-corrected chi connectivity index (χ4v) is 9.06. The van der Waals surface area contributed by atoms with Gasteiger partial charge in [0.25, 0.3) is 5.69 Å². The van der Waals surface area contributed by atoms with Crippen LogP contribution in [-0.2, 0) is 30.9 Å². The van der Waals surface area contributed by atoms with Crippen LogP contribution in [0.5, 0.6) is 5.75 Å². The van der Waals surface area contributed by atoms with Crippen LogP contribution in [0.4, 0.5) is 21.0 Å². The van der Waals surface area contributed by atoms with E-state index in [1.807, 2.05) is 69.3 Å². The number of hydrogen-bond acceptors (Lipinski definition) is 11. The lowest BCUT2D eigenvalue weighted by molar-refractivity contribution is -0.384. The fraction of sp³-hybridized carbons (Fsp3) is 0.340. The van der Waals surface area contributed by atoms with Gasteiger partial charge < -0.3 is 35.7 Å². The van der Waals surface area contributed by atoms with Crippen molar-refractivity contribution >= 4 is 46.3 Å². The maximum Gasteiger partial charge on any atom is 0.418 e. The third-order valence-corrected chi connectivity index (χ3v) is 12.5. The number of aromatic nitrogens is 2. The lowest BCUT2D eigenvalue weighted by Crippen LogP contribution is -2.55. The molecule has 2 heterocycles. The van der Waals surface area contributed by atoms with Crippen LogP contribution in [0.2, 0.25) is 0 Å². The number of nitrogens with one attached hydrogen (secondary N) is 2. The number of carboxylic acid groups (broad SMARTS) is 1. The highest BCUT2D eigenvalue weighted by molar-refractivity contribution is 5.96. The zero-order valence-corrected chi connectivity index (χ0v) is 39.2. The highest BCUT2D eigenvalue weighted by atomic mass is 16.6. The average molecular weight is 939 g/mol. The monoisotopic (exact) mass is 938 g/mol. The van der Waals surface area contributed by atoms with Crippen molar-refractivity contribution in [1.82, 2.24) is 14.9 Å². The van der Waals surface area contributed by atoms with Gasteiger partial charge in [-0.25, -0.2) is 14.4 Å². The standard InChI is InChI=1S/C34H28N4O7.C19H30N2O3/c1-34(31(39)40,36-32(41)35-22-14-16-23(17-15-22)38(43)44)18-21-19-37(30-13-7-6-8-24(21)30)33(42)45-20-29-27-11-4-2-9-25(27)26-10-3-5-12-28(26)29;1-18(2,3)24-17(22)9-12-23-15-7-8-16(21-13-15)19(14-20)10-5-4-6-11-19/h2-17,19,29H,18,20H2,1H3,(H,39,40)(H2,35,36,41);7-8,13H,4-6,9-12,14,20H2,1-3H3. The number of urea groups is 1. The second-order valence-corrected chi connectivity index (χ2v) is 18.7. The summed E-state index contributed by atoms with van der Waals surface area (Å²) in [4.78, 5) is 65.3. The summed E-state index contributed by atoms with van der Waals surface area (Å²) < 4.78 is 18.1. The van der Waals surface area contributed by atoms with E-state index in [0.29, 0.717) is 28.8 Å². The number of pyridine rings is 1. The second kappa shape index (κ2) is 21.1. The summed E-state index contributed by atoms with van der Waals surface area (Å²) in [5.74, 6) is -1.00. The zero-order chi connectivity index (χ0) is 49.3. The molecule has 69 heavy (non-hydrogen) atoms. The molecule has 1 unspecified atom stereocenters. The average Bonchev–Trinajstić information content (AvgIpc) is 3.86. The molecule has 16 heteroatoms. The Morgan fingerprint density at radius 2 is 1.51 bits per heavy atom. The van der Waals surface area contributed by atoms with Crippen molar-refractivity contribution in [2.24, 2.45) is 5.73 Å². The number of carboxylic acids is 1. The highest BCUT2D eigenvalue weighted by Crippen LogP contribution is 2.45. The highest BCUT2D eigenvalue weighted by Gasteiger charge is 2.37. The van der Waals surface area contributed by atoms with Crippen LogP contribution in [0.3, 0.4) is 0 Å². The first-order valence-electron chi connectivity index (χ1n) is 23.0. The van der Waals surface area contributed by atoms with Gasteiger partial charge >= 0.3 is 24.1 Å². The molecule has 0 bridgehead atoms. The Morgan fingerprint density at radius 1 is 0.870 bits per heavy atom. The van der Waals surface area contributed by atoms with Gasteiger partial charge in [0.05, 0.1) is 29.7 Å². The van der Waals surface area contributed by atoms with E-state index in [-0.39, 0.29) is 54.7 Å². The van der Waals surface area contributed by atoms with Crippen LogP contribution >= 0.6 is 0 Å². The Bertz CT molecular complexity index is 2770. The molecule has 0 saturated heterocycles. The maximum atomic E-state index is 13.5. The quantitative estimate of drug-likeness (QED) is 0.0455. The Kier molecular flexibility index (Phi) is 15.1. The number of hydrogen-bond donors (Lipinski definition) is 4. The number of para-hydroxylation sites is 1. The van der Waals surface area contributed by atoms with Gasteiger partial charge in [-0.3, -0.25) is 24.5 Å². The van der Waals surface area contributed by atoms with E-state index in [2.05, 4.69) is 27.8 Å². The van der Waals surface area contributed by atoms with E-state index < -0.39 is 34.2 Å². The van der Waals surface area contributed by atoms with Crippen LogP contribution in [-0.4, -0.2) is 74.5 Å². The molecular formula is C53H58N6O10. The van der Waals surface area contributed by atoms with Crippen molar-refractivity contribution in [2.45, 2.75) is 95.1 Å². The number of nitrogens with zero attached hydrogens (tertiary/aromatic N) is 3. The normalized spacial score (nSPS) is 14.7. The molecule has 0 aliphatic heterocycles. The number of carbonyl (C=O) groups is 4. The molecule has 0 spiro atoms. The summed E-state index contributed by atoms with van der Waals surface area (Å²) in [5, 5.41) is 26.7. The van der Waals surface area contributed by atoms with E-state index >= 15 is 0 Å². The molecule has 5 N–H and O–H groups in total. The van der Waals surface area contributed by atoms with Gasteiger partial charge in [0.15, 0.2) is 0 Å². The first-order valence-corrected chi connectivity index (χ1v) is 23.0. The molecule has 360 valence electrons. The van der Waals surface area contributed by atoms with Crippen molar-refractivity contribution in [3.63, 3.8) is 0 Å². The molecular weight excluding hydrogens is 881 g/mol.